The lowest BCUT2D eigenvalue weighted by molar-refractivity contribution is -0.116. The van der Waals surface area contributed by atoms with Gasteiger partial charge in [0, 0.05) is 20.0 Å². The SMILES string of the molecule is CC(=O)N(Cc1ccccc1)c1nc(N(Cc2ccccc2)Cc2ccccc2)n(-c2ccccc2)n1. The minimum atomic E-state index is -0.113. The summed E-state index contributed by atoms with van der Waals surface area (Å²) in [6.07, 6.45) is 0. The number of carbonyl (C=O) groups excluding carboxylic acids is 1. The molecule has 0 saturated heterocycles. The van der Waals surface area contributed by atoms with Crippen molar-refractivity contribution < 1.29 is 4.79 Å². The second-order valence-corrected chi connectivity index (χ2v) is 8.88. The summed E-state index contributed by atoms with van der Waals surface area (Å²) in [4.78, 5) is 21.6. The van der Waals surface area contributed by atoms with E-state index in [1.165, 1.54) is 0 Å². The van der Waals surface area contributed by atoms with Crippen molar-refractivity contribution in [3.8, 4) is 5.69 Å². The van der Waals surface area contributed by atoms with E-state index in [0.29, 0.717) is 31.5 Å². The number of nitrogens with zero attached hydrogens (tertiary/aromatic N) is 5. The van der Waals surface area contributed by atoms with Crippen LogP contribution in [-0.4, -0.2) is 20.7 Å². The van der Waals surface area contributed by atoms with Gasteiger partial charge >= 0.3 is 0 Å². The Morgan fingerprint density at radius 1 is 0.649 bits per heavy atom. The van der Waals surface area contributed by atoms with Crippen LogP contribution < -0.4 is 9.80 Å². The van der Waals surface area contributed by atoms with Crippen LogP contribution in [-0.2, 0) is 24.4 Å². The molecule has 0 fully saturated rings. The Morgan fingerprint density at radius 3 is 1.54 bits per heavy atom. The van der Waals surface area contributed by atoms with Gasteiger partial charge in [-0.2, -0.15) is 9.67 Å². The van der Waals surface area contributed by atoms with E-state index in [9.17, 15) is 4.79 Å². The van der Waals surface area contributed by atoms with Crippen LogP contribution in [0.5, 0.6) is 0 Å². The maximum absolute atomic E-state index is 12.8. The predicted octanol–water partition coefficient (Wildman–Crippen LogP) is 6.03. The fraction of sp³-hybridized carbons (Fsp3) is 0.129. The number of carbonyl (C=O) groups is 1. The molecule has 0 aliphatic rings. The number of aromatic nitrogens is 3. The van der Waals surface area contributed by atoms with Crippen molar-refractivity contribution in [1.82, 2.24) is 14.8 Å². The monoisotopic (exact) mass is 487 g/mol. The Morgan fingerprint density at radius 2 is 1.08 bits per heavy atom. The number of amides is 1. The third-order valence-corrected chi connectivity index (χ3v) is 6.10. The molecule has 5 rings (SSSR count). The van der Waals surface area contributed by atoms with Crippen LogP contribution in [0, 0.1) is 0 Å². The molecule has 0 unspecified atom stereocenters. The van der Waals surface area contributed by atoms with Gasteiger partial charge in [0.15, 0.2) is 0 Å². The van der Waals surface area contributed by atoms with Crippen molar-refractivity contribution in [1.29, 1.82) is 0 Å². The number of hydrogen-bond acceptors (Lipinski definition) is 4. The van der Waals surface area contributed by atoms with Crippen LogP contribution in [0.3, 0.4) is 0 Å². The number of hydrogen-bond donors (Lipinski definition) is 0. The first-order valence-electron chi connectivity index (χ1n) is 12.3. The van der Waals surface area contributed by atoms with Crippen LogP contribution in [0.4, 0.5) is 11.9 Å². The lowest BCUT2D eigenvalue weighted by Gasteiger charge is -2.24. The zero-order valence-electron chi connectivity index (χ0n) is 20.8. The summed E-state index contributed by atoms with van der Waals surface area (Å²) >= 11 is 0. The van der Waals surface area contributed by atoms with Gasteiger partial charge in [-0.15, -0.1) is 5.10 Å². The molecule has 0 atom stereocenters. The number of rotatable bonds is 9. The molecule has 0 aliphatic carbocycles. The van der Waals surface area contributed by atoms with Crippen molar-refractivity contribution in [2.45, 2.75) is 26.6 Å². The van der Waals surface area contributed by atoms with Crippen LogP contribution in [0.15, 0.2) is 121 Å². The van der Waals surface area contributed by atoms with Gasteiger partial charge in [-0.25, -0.2) is 0 Å². The Balaban J connectivity index is 1.60. The molecule has 6 nitrogen and oxygen atoms in total. The Bertz CT molecular complexity index is 1380. The van der Waals surface area contributed by atoms with Crippen LogP contribution in [0.2, 0.25) is 0 Å². The van der Waals surface area contributed by atoms with Crippen molar-refractivity contribution in [2.24, 2.45) is 0 Å². The average Bonchev–Trinajstić information content (AvgIpc) is 3.38. The van der Waals surface area contributed by atoms with E-state index in [4.69, 9.17) is 10.1 Å². The van der Waals surface area contributed by atoms with E-state index < -0.39 is 0 Å². The largest absolute Gasteiger partial charge is 0.332 e. The summed E-state index contributed by atoms with van der Waals surface area (Å²) < 4.78 is 1.84. The second kappa shape index (κ2) is 11.4. The molecule has 0 spiro atoms. The van der Waals surface area contributed by atoms with Gasteiger partial charge in [-0.3, -0.25) is 9.69 Å². The van der Waals surface area contributed by atoms with Crippen molar-refractivity contribution in [3.05, 3.63) is 138 Å². The van der Waals surface area contributed by atoms with E-state index in [0.717, 1.165) is 22.4 Å². The minimum absolute atomic E-state index is 0.113. The summed E-state index contributed by atoms with van der Waals surface area (Å²) in [5.74, 6) is 0.938. The fourth-order valence-electron chi connectivity index (χ4n) is 4.25. The molecular formula is C31H29N5O. The Kier molecular flexibility index (Phi) is 7.36. The molecule has 37 heavy (non-hydrogen) atoms. The first-order valence-corrected chi connectivity index (χ1v) is 12.3. The molecule has 0 bridgehead atoms. The highest BCUT2D eigenvalue weighted by atomic mass is 16.2. The molecule has 184 valence electrons. The van der Waals surface area contributed by atoms with Crippen LogP contribution >= 0.6 is 0 Å². The zero-order valence-corrected chi connectivity index (χ0v) is 20.8. The molecule has 0 radical (unpaired) electrons. The highest BCUT2D eigenvalue weighted by Gasteiger charge is 2.24. The van der Waals surface area contributed by atoms with Crippen molar-refractivity contribution in [2.75, 3.05) is 9.80 Å². The van der Waals surface area contributed by atoms with Gasteiger partial charge < -0.3 is 4.90 Å². The van der Waals surface area contributed by atoms with Crippen molar-refractivity contribution in [3.63, 3.8) is 0 Å². The molecule has 1 aromatic heterocycles. The van der Waals surface area contributed by atoms with Crippen molar-refractivity contribution >= 4 is 17.8 Å². The molecule has 4 aromatic carbocycles. The minimum Gasteiger partial charge on any atom is -0.332 e. The first-order chi connectivity index (χ1) is 18.2. The summed E-state index contributed by atoms with van der Waals surface area (Å²) in [7, 11) is 0. The van der Waals surface area contributed by atoms with E-state index in [1.807, 2.05) is 102 Å². The Hall–Kier alpha value is -4.71. The smallest absolute Gasteiger partial charge is 0.254 e. The molecule has 1 amide bonds. The topological polar surface area (TPSA) is 54.3 Å². The van der Waals surface area contributed by atoms with E-state index in [1.54, 1.807) is 11.8 Å². The molecule has 6 heteroatoms. The highest BCUT2D eigenvalue weighted by molar-refractivity contribution is 5.89. The molecule has 0 saturated carbocycles. The summed E-state index contributed by atoms with van der Waals surface area (Å²) in [5, 5.41) is 4.87. The number of para-hydroxylation sites is 1. The van der Waals surface area contributed by atoms with Gasteiger partial charge in [-0.1, -0.05) is 109 Å². The second-order valence-electron chi connectivity index (χ2n) is 8.88. The summed E-state index contributed by atoms with van der Waals surface area (Å²) in [6, 6.07) is 40.5. The Labute approximate surface area is 217 Å². The lowest BCUT2D eigenvalue weighted by Crippen LogP contribution is -2.29. The first kappa shape index (κ1) is 24.0. The number of anilines is 2. The van der Waals surface area contributed by atoms with Crippen LogP contribution in [0.25, 0.3) is 5.69 Å². The lowest BCUT2D eigenvalue weighted by atomic mass is 10.2. The van der Waals surface area contributed by atoms with E-state index >= 15 is 0 Å². The predicted molar refractivity (Wildman–Crippen MR) is 147 cm³/mol. The molecule has 0 N–H and O–H groups in total. The van der Waals surface area contributed by atoms with Gasteiger partial charge in [0.2, 0.25) is 11.9 Å². The molecule has 5 aromatic rings. The zero-order chi connectivity index (χ0) is 25.5. The molecule has 0 aliphatic heterocycles. The van der Waals surface area contributed by atoms with Gasteiger partial charge in [0.05, 0.1) is 12.2 Å². The number of benzene rings is 4. The molecular weight excluding hydrogens is 458 g/mol. The summed E-state index contributed by atoms with van der Waals surface area (Å²) in [6.45, 7) is 3.22. The standard InChI is InChI=1S/C31H29N5O/c1-25(37)35(24-28-18-10-4-11-19-28)30-32-31(36(33-30)29-20-12-5-13-21-29)34(22-26-14-6-2-7-15-26)23-27-16-8-3-9-17-27/h2-21H,22-24H2,1H3. The third kappa shape index (κ3) is 5.93. The average molecular weight is 488 g/mol. The maximum Gasteiger partial charge on any atom is 0.254 e. The van der Waals surface area contributed by atoms with Crippen LogP contribution in [0.1, 0.15) is 23.6 Å². The molecule has 1 heterocycles. The van der Waals surface area contributed by atoms with E-state index in [-0.39, 0.29) is 5.91 Å². The highest BCUT2D eigenvalue weighted by Crippen LogP contribution is 2.26. The quantitative estimate of drug-likeness (QED) is 0.255. The van der Waals surface area contributed by atoms with Gasteiger partial charge in [0.25, 0.3) is 5.95 Å². The fourth-order valence-corrected chi connectivity index (χ4v) is 4.25. The summed E-state index contributed by atoms with van der Waals surface area (Å²) in [5.41, 5.74) is 4.22. The normalized spacial score (nSPS) is 10.7. The van der Waals surface area contributed by atoms with E-state index in [2.05, 4.69) is 29.2 Å². The van der Waals surface area contributed by atoms with Gasteiger partial charge in [0.1, 0.15) is 0 Å². The van der Waals surface area contributed by atoms with Gasteiger partial charge in [-0.05, 0) is 28.8 Å². The maximum atomic E-state index is 12.8. The third-order valence-electron chi connectivity index (χ3n) is 6.10.